The van der Waals surface area contributed by atoms with Crippen molar-refractivity contribution in [2.24, 2.45) is 0 Å². The van der Waals surface area contributed by atoms with E-state index in [1.165, 1.54) is 4.31 Å². The summed E-state index contributed by atoms with van der Waals surface area (Å²) < 4.78 is 34.1. The lowest BCUT2D eigenvalue weighted by atomic mass is 10.1. The topological polar surface area (TPSA) is 83.7 Å². The van der Waals surface area contributed by atoms with Crippen LogP contribution in [0.1, 0.15) is 24.7 Å². The number of furan rings is 1. The predicted molar refractivity (Wildman–Crippen MR) is 135 cm³/mol. The Morgan fingerprint density at radius 1 is 0.943 bits per heavy atom. The summed E-state index contributed by atoms with van der Waals surface area (Å²) in [6.07, 6.45) is 4.37. The summed E-state index contributed by atoms with van der Waals surface area (Å²) in [5.74, 6) is 0.372. The first-order valence-corrected chi connectivity index (χ1v) is 13.1. The second-order valence-corrected chi connectivity index (χ2v) is 10.2. The number of amides is 1. The van der Waals surface area contributed by atoms with E-state index in [0.717, 1.165) is 10.9 Å². The maximum Gasteiger partial charge on any atom is 0.245 e. The molecule has 1 amide bonds. The fourth-order valence-electron chi connectivity index (χ4n) is 4.00. The highest BCUT2D eigenvalue weighted by atomic mass is 32.2. The fourth-order valence-corrected chi connectivity index (χ4v) is 5.65. The molecule has 2 aromatic heterocycles. The van der Waals surface area contributed by atoms with Crippen molar-refractivity contribution in [2.45, 2.75) is 31.2 Å². The summed E-state index contributed by atoms with van der Waals surface area (Å²) in [5, 5.41) is 0.735. The van der Waals surface area contributed by atoms with Crippen LogP contribution in [0.25, 0.3) is 10.9 Å². The second-order valence-electron chi connectivity index (χ2n) is 8.30. The van der Waals surface area contributed by atoms with Gasteiger partial charge in [0.15, 0.2) is 0 Å². The highest BCUT2D eigenvalue weighted by Crippen LogP contribution is 2.24. The molecule has 0 radical (unpaired) electrons. The zero-order chi connectivity index (χ0) is 24.7. The van der Waals surface area contributed by atoms with Gasteiger partial charge in [-0.05, 0) is 42.7 Å². The van der Waals surface area contributed by atoms with Crippen molar-refractivity contribution >= 4 is 26.8 Å². The molecule has 35 heavy (non-hydrogen) atoms. The van der Waals surface area contributed by atoms with Gasteiger partial charge in [-0.15, -0.1) is 0 Å². The number of benzene rings is 2. The van der Waals surface area contributed by atoms with Gasteiger partial charge in [-0.25, -0.2) is 8.42 Å². The quantitative estimate of drug-likeness (QED) is 0.308. The molecule has 0 fully saturated rings. The Morgan fingerprint density at radius 3 is 2.49 bits per heavy atom. The van der Waals surface area contributed by atoms with Crippen LogP contribution in [0.2, 0.25) is 0 Å². The molecule has 0 bridgehead atoms. The number of aromatic nitrogens is 1. The fraction of sp³-hybridized carbons (Fsp3) is 0.259. The summed E-state index contributed by atoms with van der Waals surface area (Å²) in [7, 11) is -3.95. The van der Waals surface area contributed by atoms with E-state index < -0.39 is 10.0 Å². The zero-order valence-corrected chi connectivity index (χ0v) is 20.5. The van der Waals surface area contributed by atoms with Crippen molar-refractivity contribution < 1.29 is 17.6 Å². The molecule has 182 valence electrons. The summed E-state index contributed by atoms with van der Waals surface area (Å²) >= 11 is 0. The maximum atomic E-state index is 13.7. The molecule has 0 atom stereocenters. The molecule has 2 aromatic carbocycles. The Bertz CT molecular complexity index is 1350. The van der Waals surface area contributed by atoms with Crippen molar-refractivity contribution in [3.8, 4) is 0 Å². The lowest BCUT2D eigenvalue weighted by Crippen LogP contribution is -2.43. The molecule has 0 saturated carbocycles. The van der Waals surface area contributed by atoms with Crippen LogP contribution in [0.4, 0.5) is 0 Å². The first-order chi connectivity index (χ1) is 17.0. The highest BCUT2D eigenvalue weighted by molar-refractivity contribution is 7.89. The minimum atomic E-state index is -3.95. The average molecular weight is 492 g/mol. The Balaban J connectivity index is 1.59. The number of pyridine rings is 1. The van der Waals surface area contributed by atoms with Crippen LogP contribution < -0.4 is 0 Å². The smallest absolute Gasteiger partial charge is 0.245 e. The molecule has 2 heterocycles. The zero-order valence-electron chi connectivity index (χ0n) is 19.7. The van der Waals surface area contributed by atoms with Crippen LogP contribution in [0, 0.1) is 0 Å². The third-order valence-electron chi connectivity index (χ3n) is 5.79. The minimum absolute atomic E-state index is 0.110. The van der Waals surface area contributed by atoms with E-state index in [1.54, 1.807) is 41.6 Å². The molecule has 0 aliphatic rings. The lowest BCUT2D eigenvalue weighted by molar-refractivity contribution is -0.132. The maximum absolute atomic E-state index is 13.7. The number of hydrogen-bond acceptors (Lipinski definition) is 5. The Labute approximate surface area is 206 Å². The number of rotatable bonds is 11. The number of para-hydroxylation sites is 1. The average Bonchev–Trinajstić information content (AvgIpc) is 3.39. The molecule has 0 spiro atoms. The monoisotopic (exact) mass is 491 g/mol. The molecular formula is C27H29N3O4S. The van der Waals surface area contributed by atoms with Gasteiger partial charge in [0.1, 0.15) is 10.7 Å². The van der Waals surface area contributed by atoms with Gasteiger partial charge in [0.25, 0.3) is 0 Å². The number of carbonyl (C=O) groups excluding carboxylic acids is 1. The first kappa shape index (κ1) is 24.6. The van der Waals surface area contributed by atoms with Gasteiger partial charge in [0.05, 0.1) is 24.9 Å². The second kappa shape index (κ2) is 11.3. The van der Waals surface area contributed by atoms with E-state index in [1.807, 2.05) is 55.5 Å². The van der Waals surface area contributed by atoms with Crippen molar-refractivity contribution in [3.05, 3.63) is 96.6 Å². The van der Waals surface area contributed by atoms with E-state index in [-0.39, 0.29) is 30.4 Å². The normalized spacial score (nSPS) is 11.7. The molecule has 4 rings (SSSR count). The molecule has 0 aliphatic heterocycles. The van der Waals surface area contributed by atoms with Gasteiger partial charge in [-0.2, -0.15) is 4.31 Å². The van der Waals surface area contributed by atoms with E-state index in [2.05, 4.69) is 4.98 Å². The van der Waals surface area contributed by atoms with Gasteiger partial charge in [0, 0.05) is 24.7 Å². The van der Waals surface area contributed by atoms with Crippen LogP contribution >= 0.6 is 0 Å². The summed E-state index contributed by atoms with van der Waals surface area (Å²) in [4.78, 5) is 19.6. The van der Waals surface area contributed by atoms with Crippen LogP contribution in [-0.2, 0) is 27.8 Å². The number of fused-ring (bicyclic) bond motifs is 1. The Kier molecular flexibility index (Phi) is 7.94. The molecule has 4 aromatic rings. The minimum Gasteiger partial charge on any atom is -0.467 e. The first-order valence-electron chi connectivity index (χ1n) is 11.7. The van der Waals surface area contributed by atoms with Crippen LogP contribution in [-0.4, -0.2) is 48.1 Å². The number of hydrogen-bond donors (Lipinski definition) is 0. The number of carbonyl (C=O) groups is 1. The standard InChI is InChI=1S/C27H29N3O4S/c1-2-17-30(35(32,33)25-14-6-11-23-12-7-16-28-27(23)25)21-26(31)29(20-24-13-8-19-34-24)18-15-22-9-4-3-5-10-22/h3-14,16,19H,2,15,17-18,20-21H2,1H3. The molecule has 0 N–H and O–H groups in total. The van der Waals surface area contributed by atoms with E-state index in [9.17, 15) is 13.2 Å². The van der Waals surface area contributed by atoms with Gasteiger partial charge < -0.3 is 9.32 Å². The summed E-state index contributed by atoms with van der Waals surface area (Å²) in [5.41, 5.74) is 1.50. The summed E-state index contributed by atoms with van der Waals surface area (Å²) in [6, 6.07) is 22.1. The van der Waals surface area contributed by atoms with Crippen LogP contribution in [0.3, 0.4) is 0 Å². The SMILES string of the molecule is CCCN(CC(=O)N(CCc1ccccc1)Cc1ccco1)S(=O)(=O)c1cccc2cccnc12. The van der Waals surface area contributed by atoms with Gasteiger partial charge >= 0.3 is 0 Å². The van der Waals surface area contributed by atoms with Gasteiger partial charge in [-0.3, -0.25) is 9.78 Å². The Hall–Kier alpha value is -3.49. The summed E-state index contributed by atoms with van der Waals surface area (Å²) in [6.45, 7) is 2.58. The molecular weight excluding hydrogens is 462 g/mol. The Morgan fingerprint density at radius 2 is 1.74 bits per heavy atom. The lowest BCUT2D eigenvalue weighted by Gasteiger charge is -2.27. The van der Waals surface area contributed by atoms with Gasteiger partial charge in [-0.1, -0.05) is 55.5 Å². The van der Waals surface area contributed by atoms with E-state index >= 15 is 0 Å². The van der Waals surface area contributed by atoms with Crippen molar-refractivity contribution in [1.82, 2.24) is 14.2 Å². The van der Waals surface area contributed by atoms with Gasteiger partial charge in [0.2, 0.25) is 15.9 Å². The number of nitrogens with zero attached hydrogens (tertiary/aromatic N) is 3. The van der Waals surface area contributed by atoms with Crippen molar-refractivity contribution in [1.29, 1.82) is 0 Å². The molecule has 0 aliphatic carbocycles. The molecule has 7 nitrogen and oxygen atoms in total. The third-order valence-corrected chi connectivity index (χ3v) is 7.67. The van der Waals surface area contributed by atoms with Crippen LogP contribution in [0.15, 0.2) is 94.6 Å². The highest BCUT2D eigenvalue weighted by Gasteiger charge is 2.30. The predicted octanol–water partition coefficient (Wildman–Crippen LogP) is 4.50. The third kappa shape index (κ3) is 5.96. The molecule has 0 unspecified atom stereocenters. The van der Waals surface area contributed by atoms with E-state index in [4.69, 9.17) is 4.42 Å². The van der Waals surface area contributed by atoms with Crippen molar-refractivity contribution in [3.63, 3.8) is 0 Å². The number of sulfonamides is 1. The van der Waals surface area contributed by atoms with Crippen LogP contribution in [0.5, 0.6) is 0 Å². The van der Waals surface area contributed by atoms with Crippen molar-refractivity contribution in [2.75, 3.05) is 19.6 Å². The molecule has 0 saturated heterocycles. The largest absolute Gasteiger partial charge is 0.467 e. The van der Waals surface area contributed by atoms with E-state index in [0.29, 0.717) is 30.7 Å². The molecule has 8 heteroatoms.